The number of hydrogen-bond donors (Lipinski definition) is 7. The van der Waals surface area contributed by atoms with Crippen LogP contribution in [0.5, 0.6) is 0 Å². The first-order chi connectivity index (χ1) is 10.7. The molecule has 1 amide bonds. The molecule has 1 aliphatic heterocycles. The van der Waals surface area contributed by atoms with Crippen LogP contribution in [0.15, 0.2) is 0 Å². The van der Waals surface area contributed by atoms with Crippen molar-refractivity contribution in [2.45, 2.75) is 42.7 Å². The van der Waals surface area contributed by atoms with Crippen LogP contribution in [0.2, 0.25) is 0 Å². The predicted molar refractivity (Wildman–Crippen MR) is 71.0 cm³/mol. The van der Waals surface area contributed by atoms with Gasteiger partial charge < -0.3 is 45.4 Å². The fourth-order valence-electron chi connectivity index (χ4n) is 2.34. The normalized spacial score (nSPS) is 33.7. The minimum atomic E-state index is -2.30. The summed E-state index contributed by atoms with van der Waals surface area (Å²) in [7, 11) is 1.01. The molecule has 0 aromatic carbocycles. The van der Waals surface area contributed by atoms with Gasteiger partial charge in [-0.15, -0.1) is 0 Å². The zero-order chi connectivity index (χ0) is 17.8. The molecule has 0 bridgehead atoms. The van der Waals surface area contributed by atoms with Crippen molar-refractivity contribution in [3.63, 3.8) is 0 Å². The van der Waals surface area contributed by atoms with Gasteiger partial charge in [0.05, 0.1) is 18.8 Å². The Morgan fingerprint density at radius 3 is 2.43 bits per heavy atom. The molecule has 1 saturated heterocycles. The second-order valence-corrected chi connectivity index (χ2v) is 5.11. The summed E-state index contributed by atoms with van der Waals surface area (Å²) in [4.78, 5) is 22.7. The van der Waals surface area contributed by atoms with Crippen LogP contribution >= 0.6 is 0 Å². The van der Waals surface area contributed by atoms with E-state index in [1.54, 1.807) is 0 Å². The number of carboxylic acid groups (broad SMARTS) is 1. The molecule has 0 aliphatic carbocycles. The number of carbonyl (C=O) groups excluding carboxylic acids is 1. The summed E-state index contributed by atoms with van der Waals surface area (Å²) in [6, 6.07) is -1.34. The predicted octanol–water partition coefficient (Wildman–Crippen LogP) is -4.25. The van der Waals surface area contributed by atoms with Gasteiger partial charge in [-0.1, -0.05) is 0 Å². The summed E-state index contributed by atoms with van der Waals surface area (Å²) in [6.45, 7) is -1.78. The number of ether oxygens (including phenoxy) is 2. The van der Waals surface area contributed by atoms with Crippen LogP contribution in [0.1, 0.15) is 6.42 Å². The maximum Gasteiger partial charge on any atom is 0.364 e. The van der Waals surface area contributed by atoms with E-state index < -0.39 is 67.8 Å². The zero-order valence-electron chi connectivity index (χ0n) is 12.3. The lowest BCUT2D eigenvalue weighted by Crippen LogP contribution is -2.68. The van der Waals surface area contributed by atoms with Gasteiger partial charge in [0.25, 0.3) is 5.79 Å². The molecule has 1 aliphatic rings. The maximum atomic E-state index is 11.4. The molecule has 11 heteroatoms. The summed E-state index contributed by atoms with van der Waals surface area (Å²) in [6.07, 6.45) is -7.28. The Morgan fingerprint density at radius 1 is 1.39 bits per heavy atom. The first kappa shape index (κ1) is 19.7. The number of nitrogens with one attached hydrogen (secondary N) is 1. The number of amides is 1. The molecule has 23 heavy (non-hydrogen) atoms. The molecule has 0 aromatic heterocycles. The van der Waals surface area contributed by atoms with Gasteiger partial charge in [-0.25, -0.2) is 4.79 Å². The van der Waals surface area contributed by atoms with Gasteiger partial charge in [0.1, 0.15) is 24.9 Å². The Hall–Kier alpha value is -1.34. The van der Waals surface area contributed by atoms with Gasteiger partial charge in [0, 0.05) is 13.5 Å². The monoisotopic (exact) mass is 339 g/mol. The van der Waals surface area contributed by atoms with Gasteiger partial charge >= 0.3 is 5.97 Å². The van der Waals surface area contributed by atoms with Gasteiger partial charge in [0.2, 0.25) is 5.91 Å². The fraction of sp³-hybridized carbons (Fsp3) is 0.833. The fourth-order valence-corrected chi connectivity index (χ4v) is 2.34. The third kappa shape index (κ3) is 4.14. The standard InChI is InChI=1S/C12H21NO10/c1-22-12(11(20)21)2-5(16)8(13-7(18)4-15)10(23-12)9(19)6(17)3-14/h5-6,8-10,14-17,19H,2-4H2,1H3,(H,13,18)(H,20,21)/t5-,6+,8+,9+,10+,12?/m0/s1. The van der Waals surface area contributed by atoms with E-state index in [0.29, 0.717) is 0 Å². The highest BCUT2D eigenvalue weighted by Crippen LogP contribution is 2.32. The Kier molecular flexibility index (Phi) is 6.83. The number of methoxy groups -OCH3 is 1. The van der Waals surface area contributed by atoms with E-state index in [0.717, 1.165) is 7.11 Å². The second kappa shape index (κ2) is 7.97. The number of aliphatic carboxylic acids is 1. The molecule has 1 rings (SSSR count). The van der Waals surface area contributed by atoms with E-state index in [1.807, 2.05) is 0 Å². The highest BCUT2D eigenvalue weighted by atomic mass is 16.7. The third-order valence-corrected chi connectivity index (χ3v) is 3.62. The molecule has 0 spiro atoms. The summed E-state index contributed by atoms with van der Waals surface area (Å²) in [5, 5.41) is 58.8. The highest BCUT2D eigenvalue weighted by Gasteiger charge is 2.55. The number of hydrogen-bond acceptors (Lipinski definition) is 9. The quantitative estimate of drug-likeness (QED) is 0.239. The molecule has 0 aromatic rings. The van der Waals surface area contributed by atoms with Crippen molar-refractivity contribution in [3.05, 3.63) is 0 Å². The molecule has 1 unspecified atom stereocenters. The summed E-state index contributed by atoms with van der Waals surface area (Å²) in [5.41, 5.74) is 0. The van der Waals surface area contributed by atoms with Crippen LogP contribution in [0.4, 0.5) is 0 Å². The molecule has 1 fully saturated rings. The van der Waals surface area contributed by atoms with Crippen LogP contribution in [0, 0.1) is 0 Å². The van der Waals surface area contributed by atoms with E-state index in [2.05, 4.69) is 5.32 Å². The van der Waals surface area contributed by atoms with Crippen LogP contribution in [-0.4, -0.2) is 99.1 Å². The molecular weight excluding hydrogens is 318 g/mol. The van der Waals surface area contributed by atoms with Crippen molar-refractivity contribution >= 4 is 11.9 Å². The lowest BCUT2D eigenvalue weighted by Gasteiger charge is -2.46. The largest absolute Gasteiger partial charge is 0.477 e. The van der Waals surface area contributed by atoms with Crippen molar-refractivity contribution in [1.29, 1.82) is 0 Å². The summed E-state index contributed by atoms with van der Waals surface area (Å²) in [5.74, 6) is -4.80. The lowest BCUT2D eigenvalue weighted by atomic mass is 9.88. The van der Waals surface area contributed by atoms with E-state index >= 15 is 0 Å². The van der Waals surface area contributed by atoms with E-state index in [1.165, 1.54) is 0 Å². The number of carbonyl (C=O) groups is 2. The molecular formula is C12H21NO10. The molecule has 1 heterocycles. The highest BCUT2D eigenvalue weighted by molar-refractivity contribution is 5.78. The lowest BCUT2D eigenvalue weighted by molar-refractivity contribution is -0.303. The maximum absolute atomic E-state index is 11.4. The van der Waals surface area contributed by atoms with E-state index in [-0.39, 0.29) is 0 Å². The van der Waals surface area contributed by atoms with Crippen molar-refractivity contribution < 1.29 is 49.7 Å². The van der Waals surface area contributed by atoms with Gasteiger partial charge in [-0.3, -0.25) is 4.79 Å². The minimum absolute atomic E-state index is 0.576. The Balaban J connectivity index is 3.14. The van der Waals surface area contributed by atoms with Crippen molar-refractivity contribution in [1.82, 2.24) is 5.32 Å². The number of aliphatic hydroxyl groups excluding tert-OH is 5. The molecule has 6 atom stereocenters. The molecule has 0 saturated carbocycles. The van der Waals surface area contributed by atoms with Crippen LogP contribution in [0.3, 0.4) is 0 Å². The Bertz CT molecular complexity index is 432. The average molecular weight is 339 g/mol. The van der Waals surface area contributed by atoms with Crippen LogP contribution in [0.25, 0.3) is 0 Å². The first-order valence-electron chi connectivity index (χ1n) is 6.74. The van der Waals surface area contributed by atoms with Crippen molar-refractivity contribution in [3.8, 4) is 0 Å². The number of rotatable bonds is 7. The topological polar surface area (TPSA) is 186 Å². The SMILES string of the molecule is COC1(C(=O)O)C[C@H](O)[C@@H](NC(=O)CO)[C@H]([C@H](O)[C@H](O)CO)O1. The third-order valence-electron chi connectivity index (χ3n) is 3.62. The summed E-state index contributed by atoms with van der Waals surface area (Å²) < 4.78 is 9.98. The van der Waals surface area contributed by atoms with Gasteiger partial charge in [0.15, 0.2) is 0 Å². The molecule has 0 radical (unpaired) electrons. The summed E-state index contributed by atoms with van der Waals surface area (Å²) >= 11 is 0. The minimum Gasteiger partial charge on any atom is -0.477 e. The average Bonchev–Trinajstić information content (AvgIpc) is 2.54. The smallest absolute Gasteiger partial charge is 0.364 e. The zero-order valence-corrected chi connectivity index (χ0v) is 12.3. The number of carboxylic acids is 1. The van der Waals surface area contributed by atoms with Crippen LogP contribution in [-0.2, 0) is 19.1 Å². The Morgan fingerprint density at radius 2 is 2.00 bits per heavy atom. The van der Waals surface area contributed by atoms with Crippen molar-refractivity contribution in [2.75, 3.05) is 20.3 Å². The molecule has 134 valence electrons. The van der Waals surface area contributed by atoms with Gasteiger partial charge in [-0.05, 0) is 0 Å². The van der Waals surface area contributed by atoms with E-state index in [9.17, 15) is 30.0 Å². The van der Waals surface area contributed by atoms with Crippen LogP contribution < -0.4 is 5.32 Å². The molecule has 7 N–H and O–H groups in total. The Labute approximate surface area is 131 Å². The second-order valence-electron chi connectivity index (χ2n) is 5.11. The van der Waals surface area contributed by atoms with Gasteiger partial charge in [-0.2, -0.15) is 0 Å². The van der Waals surface area contributed by atoms with E-state index in [4.69, 9.17) is 19.7 Å². The first-order valence-corrected chi connectivity index (χ1v) is 6.74. The molecule has 11 nitrogen and oxygen atoms in total. The number of aliphatic hydroxyl groups is 5. The van der Waals surface area contributed by atoms with Crippen molar-refractivity contribution in [2.24, 2.45) is 0 Å².